The van der Waals surface area contributed by atoms with Gasteiger partial charge in [0.25, 0.3) is 0 Å². The van der Waals surface area contributed by atoms with Crippen molar-refractivity contribution in [3.63, 3.8) is 0 Å². The number of anilines is 2. The van der Waals surface area contributed by atoms with Crippen molar-refractivity contribution in [1.29, 1.82) is 0 Å². The molecular weight excluding hydrogens is 330 g/mol. The molecule has 2 saturated heterocycles. The fourth-order valence-corrected chi connectivity index (χ4v) is 4.40. The lowest BCUT2D eigenvalue weighted by Crippen LogP contribution is -2.44. The van der Waals surface area contributed by atoms with Crippen LogP contribution in [0, 0.1) is 0 Å². The highest BCUT2D eigenvalue weighted by Crippen LogP contribution is 2.25. The first-order valence-corrected chi connectivity index (χ1v) is 9.89. The summed E-state index contributed by atoms with van der Waals surface area (Å²) in [5.41, 5.74) is 1.70. The number of carbonyl (C=O) groups excluding carboxylic acids is 2. The minimum absolute atomic E-state index is 0.0685. The van der Waals surface area contributed by atoms with E-state index in [0.717, 1.165) is 25.0 Å². The third-order valence-electron chi connectivity index (χ3n) is 4.43. The zero-order valence-electron chi connectivity index (χ0n) is 13.6. The van der Waals surface area contributed by atoms with Gasteiger partial charge in [-0.3, -0.25) is 9.59 Å². The molecule has 0 bridgehead atoms. The van der Waals surface area contributed by atoms with E-state index in [1.807, 2.05) is 12.1 Å². The van der Waals surface area contributed by atoms with Crippen molar-refractivity contribution in [2.45, 2.75) is 31.7 Å². The molecule has 3 rings (SSSR count). The Labute approximate surface area is 141 Å². The van der Waals surface area contributed by atoms with Crippen LogP contribution in [0.1, 0.15) is 25.7 Å². The smallest absolute Gasteiger partial charge is 0.248 e. The van der Waals surface area contributed by atoms with Gasteiger partial charge in [0.15, 0.2) is 0 Å². The van der Waals surface area contributed by atoms with Gasteiger partial charge < -0.3 is 10.2 Å². The van der Waals surface area contributed by atoms with Crippen LogP contribution in [0.15, 0.2) is 24.3 Å². The monoisotopic (exact) mass is 351 g/mol. The molecule has 2 heterocycles. The Bertz CT molecular complexity index is 739. The maximum Gasteiger partial charge on any atom is 0.248 e. The molecule has 1 unspecified atom stereocenters. The molecule has 0 saturated carbocycles. The Balaban J connectivity index is 1.69. The molecule has 130 valence electrons. The summed E-state index contributed by atoms with van der Waals surface area (Å²) < 4.78 is 24.1. The van der Waals surface area contributed by atoms with Gasteiger partial charge in [0.05, 0.1) is 6.26 Å². The second-order valence-electron chi connectivity index (χ2n) is 6.24. The van der Waals surface area contributed by atoms with Crippen molar-refractivity contribution in [1.82, 2.24) is 4.31 Å². The van der Waals surface area contributed by atoms with Gasteiger partial charge in [-0.15, -0.1) is 0 Å². The average Bonchev–Trinajstić information content (AvgIpc) is 3.16. The average molecular weight is 351 g/mol. The van der Waals surface area contributed by atoms with Crippen LogP contribution in [0.25, 0.3) is 0 Å². The van der Waals surface area contributed by atoms with E-state index in [4.69, 9.17) is 0 Å². The predicted octanol–water partition coefficient (Wildman–Crippen LogP) is 1.18. The highest BCUT2D eigenvalue weighted by molar-refractivity contribution is 7.89. The molecule has 1 atom stereocenters. The van der Waals surface area contributed by atoms with Crippen LogP contribution in [0.3, 0.4) is 0 Å². The van der Waals surface area contributed by atoms with Crippen molar-refractivity contribution >= 4 is 33.2 Å². The van der Waals surface area contributed by atoms with Crippen LogP contribution < -0.4 is 10.2 Å². The lowest BCUT2D eigenvalue weighted by Gasteiger charge is -2.22. The summed E-state index contributed by atoms with van der Waals surface area (Å²) in [5, 5.41) is 2.71. The second-order valence-corrected chi connectivity index (χ2v) is 8.10. The normalized spacial score (nSPS) is 21.4. The zero-order chi connectivity index (χ0) is 17.3. The van der Waals surface area contributed by atoms with E-state index in [-0.39, 0.29) is 12.8 Å². The molecular formula is C16H21N3O4S. The van der Waals surface area contributed by atoms with Gasteiger partial charge >= 0.3 is 0 Å². The summed E-state index contributed by atoms with van der Waals surface area (Å²) in [5.74, 6) is -0.998. The summed E-state index contributed by atoms with van der Waals surface area (Å²) >= 11 is 0. The first-order chi connectivity index (χ1) is 11.4. The van der Waals surface area contributed by atoms with Crippen LogP contribution >= 0.6 is 0 Å². The van der Waals surface area contributed by atoms with E-state index in [9.17, 15) is 18.0 Å². The summed E-state index contributed by atoms with van der Waals surface area (Å²) in [6.45, 7) is 2.08. The van der Waals surface area contributed by atoms with Gasteiger partial charge in [-0.05, 0) is 43.5 Å². The lowest BCUT2D eigenvalue weighted by atomic mass is 10.2. The Kier molecular flexibility index (Phi) is 4.49. The van der Waals surface area contributed by atoms with Gasteiger partial charge in [0.2, 0.25) is 21.8 Å². The van der Waals surface area contributed by atoms with Crippen molar-refractivity contribution in [2.75, 3.05) is 29.6 Å². The molecule has 0 spiro atoms. The summed E-state index contributed by atoms with van der Waals surface area (Å²) in [6, 6.07) is 6.51. The predicted molar refractivity (Wildman–Crippen MR) is 91.2 cm³/mol. The van der Waals surface area contributed by atoms with E-state index in [0.29, 0.717) is 9.99 Å². The third kappa shape index (κ3) is 3.38. The van der Waals surface area contributed by atoms with Gasteiger partial charge in [0.1, 0.15) is 6.04 Å². The maximum atomic E-state index is 12.4. The molecule has 7 nitrogen and oxygen atoms in total. The third-order valence-corrected chi connectivity index (χ3v) is 5.60. The summed E-state index contributed by atoms with van der Waals surface area (Å²) in [7, 11) is -3.74. The molecule has 8 heteroatoms. The largest absolute Gasteiger partial charge is 0.372 e. The minimum Gasteiger partial charge on any atom is -0.372 e. The van der Waals surface area contributed by atoms with Crippen molar-refractivity contribution in [3.8, 4) is 0 Å². The van der Waals surface area contributed by atoms with Gasteiger partial charge in [-0.2, -0.15) is 0 Å². The van der Waals surface area contributed by atoms with Gasteiger partial charge in [-0.25, -0.2) is 12.7 Å². The van der Waals surface area contributed by atoms with Crippen LogP contribution in [-0.2, 0) is 19.6 Å². The van der Waals surface area contributed by atoms with Crippen LogP contribution in [0.2, 0.25) is 0 Å². The molecule has 2 fully saturated rings. The minimum atomic E-state index is -3.74. The van der Waals surface area contributed by atoms with E-state index < -0.39 is 27.9 Å². The van der Waals surface area contributed by atoms with E-state index >= 15 is 0 Å². The number of nitrogens with one attached hydrogen (secondary N) is 1. The number of hydrogen-bond donors (Lipinski definition) is 1. The second kappa shape index (κ2) is 6.43. The quantitative estimate of drug-likeness (QED) is 0.880. The van der Waals surface area contributed by atoms with Gasteiger partial charge in [0, 0.05) is 30.9 Å². The topological polar surface area (TPSA) is 86.8 Å². The molecule has 2 amide bonds. The van der Waals surface area contributed by atoms with E-state index in [1.54, 1.807) is 12.1 Å². The number of hydrogen-bond acceptors (Lipinski definition) is 5. The summed E-state index contributed by atoms with van der Waals surface area (Å²) in [6.07, 6.45) is 3.61. The highest BCUT2D eigenvalue weighted by atomic mass is 32.2. The van der Waals surface area contributed by atoms with Crippen LogP contribution in [0.4, 0.5) is 11.4 Å². The molecule has 1 aromatic carbocycles. The number of benzene rings is 1. The molecule has 2 aliphatic heterocycles. The Morgan fingerprint density at radius 2 is 1.79 bits per heavy atom. The standard InChI is InChI=1S/C16H21N3O4S/c1-24(22,23)19-14(8-9-15(19)20)16(21)17-12-4-6-13(7-5-12)18-10-2-3-11-18/h4-7,14H,2-3,8-11H2,1H3,(H,17,21). The number of nitrogens with zero attached hydrogens (tertiary/aromatic N) is 2. The molecule has 1 N–H and O–H groups in total. The maximum absolute atomic E-state index is 12.4. The van der Waals surface area contributed by atoms with Crippen molar-refractivity contribution in [2.24, 2.45) is 0 Å². The molecule has 1 aromatic rings. The molecule has 2 aliphatic rings. The first-order valence-electron chi connectivity index (χ1n) is 8.04. The van der Waals surface area contributed by atoms with E-state index in [2.05, 4.69) is 10.2 Å². The summed E-state index contributed by atoms with van der Waals surface area (Å²) in [4.78, 5) is 26.4. The molecule has 24 heavy (non-hydrogen) atoms. The number of rotatable bonds is 4. The number of amides is 2. The first kappa shape index (κ1) is 16.8. The number of sulfonamides is 1. The van der Waals surface area contributed by atoms with Gasteiger partial charge in [-0.1, -0.05) is 0 Å². The van der Waals surface area contributed by atoms with Crippen molar-refractivity contribution < 1.29 is 18.0 Å². The lowest BCUT2D eigenvalue weighted by molar-refractivity contribution is -0.128. The van der Waals surface area contributed by atoms with Crippen LogP contribution in [-0.4, -0.2) is 49.9 Å². The van der Waals surface area contributed by atoms with E-state index in [1.165, 1.54) is 12.8 Å². The Morgan fingerprint density at radius 1 is 1.17 bits per heavy atom. The SMILES string of the molecule is CS(=O)(=O)N1C(=O)CCC1C(=O)Nc1ccc(N2CCCC2)cc1. The highest BCUT2D eigenvalue weighted by Gasteiger charge is 2.41. The van der Waals surface area contributed by atoms with Crippen LogP contribution in [0.5, 0.6) is 0 Å². The van der Waals surface area contributed by atoms with Crippen molar-refractivity contribution in [3.05, 3.63) is 24.3 Å². The zero-order valence-corrected chi connectivity index (χ0v) is 14.4. The Morgan fingerprint density at radius 3 is 2.38 bits per heavy atom. The number of carbonyl (C=O) groups is 2. The Hall–Kier alpha value is -2.09. The molecule has 0 aromatic heterocycles. The fraction of sp³-hybridized carbons (Fsp3) is 0.500. The fourth-order valence-electron chi connectivity index (χ4n) is 3.27. The molecule has 0 radical (unpaired) electrons. The molecule has 0 aliphatic carbocycles.